The molecule has 1 aliphatic rings. The van der Waals surface area contributed by atoms with Gasteiger partial charge in [-0.05, 0) is 35.7 Å². The molecule has 0 unspecified atom stereocenters. The first kappa shape index (κ1) is 20.0. The van der Waals surface area contributed by atoms with Gasteiger partial charge in [0.15, 0.2) is 0 Å². The van der Waals surface area contributed by atoms with Crippen molar-refractivity contribution in [2.75, 3.05) is 11.4 Å². The van der Waals surface area contributed by atoms with Crippen LogP contribution in [-0.4, -0.2) is 36.0 Å². The van der Waals surface area contributed by atoms with Crippen LogP contribution in [0.4, 0.5) is 18.9 Å². The average molecular weight is 437 g/mol. The van der Waals surface area contributed by atoms with E-state index in [0.29, 0.717) is 20.1 Å². The number of aromatic nitrogens is 2. The van der Waals surface area contributed by atoms with E-state index in [-0.39, 0.29) is 29.1 Å². The van der Waals surface area contributed by atoms with Gasteiger partial charge in [0.2, 0.25) is 0 Å². The van der Waals surface area contributed by atoms with E-state index in [1.54, 1.807) is 30.3 Å². The lowest BCUT2D eigenvalue weighted by Crippen LogP contribution is -2.40. The number of amides is 1. The second kappa shape index (κ2) is 6.87. The van der Waals surface area contributed by atoms with Crippen LogP contribution in [0.2, 0.25) is 0 Å². The molecule has 0 fully saturated rings. The van der Waals surface area contributed by atoms with Gasteiger partial charge in [-0.2, -0.15) is 17.1 Å². The average Bonchev–Trinajstić information content (AvgIpc) is 3.30. The van der Waals surface area contributed by atoms with Crippen LogP contribution < -0.4 is 10.6 Å². The van der Waals surface area contributed by atoms with Gasteiger partial charge in [-0.15, -0.1) is 0 Å². The summed E-state index contributed by atoms with van der Waals surface area (Å²) in [7, 11) is -4.30. The molecule has 0 saturated carbocycles. The van der Waals surface area contributed by atoms with Crippen LogP contribution in [0.15, 0.2) is 64.4 Å². The summed E-state index contributed by atoms with van der Waals surface area (Å²) in [4.78, 5) is 26.6. The maximum absolute atomic E-state index is 13.0. The molecule has 11 heteroatoms. The number of benzene rings is 2. The predicted molar refractivity (Wildman–Crippen MR) is 102 cm³/mol. The molecule has 1 amide bonds. The standard InChI is InChI=1S/C19H14F3N3O4S/c20-19(21,22)17(26)24-9-8-13-10-14(6-7-16(13)24)30(28,29)25-11-15(23-18(25)27)12-4-2-1-3-5-12/h1-7,10-11H,8-9H2,(H,23,27). The van der Waals surface area contributed by atoms with Crippen molar-refractivity contribution in [3.8, 4) is 11.3 Å². The summed E-state index contributed by atoms with van der Waals surface area (Å²) in [5, 5.41) is 0. The Morgan fingerprint density at radius 3 is 2.43 bits per heavy atom. The number of fused-ring (bicyclic) bond motifs is 1. The van der Waals surface area contributed by atoms with E-state index in [1.165, 1.54) is 6.07 Å². The van der Waals surface area contributed by atoms with Crippen LogP contribution in [0.3, 0.4) is 0 Å². The number of nitrogens with zero attached hydrogens (tertiary/aromatic N) is 2. The van der Waals surface area contributed by atoms with Crippen LogP contribution in [0.5, 0.6) is 0 Å². The van der Waals surface area contributed by atoms with Gasteiger partial charge in [0.05, 0.1) is 16.8 Å². The molecule has 0 atom stereocenters. The summed E-state index contributed by atoms with van der Waals surface area (Å²) < 4.78 is 64.7. The minimum absolute atomic E-state index is 0.00247. The van der Waals surface area contributed by atoms with Crippen molar-refractivity contribution < 1.29 is 26.4 Å². The molecule has 0 radical (unpaired) electrons. The molecular weight excluding hydrogens is 423 g/mol. The fraction of sp³-hybridized carbons (Fsp3) is 0.158. The number of rotatable bonds is 3. The first-order valence-electron chi connectivity index (χ1n) is 8.73. The topological polar surface area (TPSA) is 92.2 Å². The summed E-state index contributed by atoms with van der Waals surface area (Å²) in [5.41, 5.74) is 0.317. The first-order chi connectivity index (χ1) is 14.1. The Hall–Kier alpha value is -3.34. The molecule has 7 nitrogen and oxygen atoms in total. The highest BCUT2D eigenvalue weighted by Crippen LogP contribution is 2.33. The van der Waals surface area contributed by atoms with Crippen LogP contribution in [0.1, 0.15) is 5.56 Å². The number of imidazole rings is 1. The number of hydrogen-bond donors (Lipinski definition) is 1. The van der Waals surface area contributed by atoms with Crippen LogP contribution >= 0.6 is 0 Å². The Morgan fingerprint density at radius 1 is 1.07 bits per heavy atom. The van der Waals surface area contributed by atoms with Gasteiger partial charge in [-0.3, -0.25) is 4.79 Å². The third-order valence-electron chi connectivity index (χ3n) is 4.76. The third kappa shape index (κ3) is 3.30. The van der Waals surface area contributed by atoms with Gasteiger partial charge in [-0.1, -0.05) is 30.3 Å². The summed E-state index contributed by atoms with van der Waals surface area (Å²) in [5.74, 6) is -2.01. The predicted octanol–water partition coefficient (Wildman–Crippen LogP) is 2.53. The number of aromatic amines is 1. The summed E-state index contributed by atoms with van der Waals surface area (Å²) in [6, 6.07) is 12.0. The molecule has 1 aromatic heterocycles. The molecule has 3 aromatic rings. The first-order valence-corrected chi connectivity index (χ1v) is 10.2. The number of anilines is 1. The largest absolute Gasteiger partial charge is 0.471 e. The van der Waals surface area contributed by atoms with E-state index >= 15 is 0 Å². The fourth-order valence-corrected chi connectivity index (χ4v) is 4.60. The van der Waals surface area contributed by atoms with E-state index in [0.717, 1.165) is 18.3 Å². The van der Waals surface area contributed by atoms with Gasteiger partial charge in [0, 0.05) is 12.2 Å². The molecular formula is C19H14F3N3O4S. The molecule has 0 spiro atoms. The monoisotopic (exact) mass is 437 g/mol. The number of nitrogens with one attached hydrogen (secondary N) is 1. The Morgan fingerprint density at radius 2 is 1.77 bits per heavy atom. The van der Waals surface area contributed by atoms with Crippen molar-refractivity contribution in [2.24, 2.45) is 0 Å². The SMILES string of the molecule is O=C(N1CCc2cc(S(=O)(=O)n3cc(-c4ccccc4)[nH]c3=O)ccc21)C(F)(F)F. The molecule has 0 bridgehead atoms. The van der Waals surface area contributed by atoms with Crippen molar-refractivity contribution in [3.05, 3.63) is 70.8 Å². The van der Waals surface area contributed by atoms with Gasteiger partial charge in [0.1, 0.15) is 0 Å². The molecule has 4 rings (SSSR count). The number of halogens is 3. The Bertz CT molecular complexity index is 1290. The smallest absolute Gasteiger partial charge is 0.305 e. The molecule has 1 N–H and O–H groups in total. The number of H-pyrrole nitrogens is 1. The second-order valence-corrected chi connectivity index (χ2v) is 8.45. The Balaban J connectivity index is 1.71. The van der Waals surface area contributed by atoms with E-state index in [9.17, 15) is 31.2 Å². The molecule has 2 aromatic carbocycles. The summed E-state index contributed by atoms with van der Waals surface area (Å²) in [6.07, 6.45) is -3.81. The molecule has 2 heterocycles. The van der Waals surface area contributed by atoms with E-state index in [4.69, 9.17) is 0 Å². The van der Waals surface area contributed by atoms with Gasteiger partial charge >= 0.3 is 17.8 Å². The number of alkyl halides is 3. The van der Waals surface area contributed by atoms with E-state index in [1.807, 2.05) is 0 Å². The van der Waals surface area contributed by atoms with Gasteiger partial charge in [0.25, 0.3) is 10.0 Å². The van der Waals surface area contributed by atoms with Gasteiger partial charge < -0.3 is 9.88 Å². The molecule has 0 saturated heterocycles. The van der Waals surface area contributed by atoms with Crippen molar-refractivity contribution >= 4 is 21.6 Å². The van der Waals surface area contributed by atoms with Crippen molar-refractivity contribution in [3.63, 3.8) is 0 Å². The van der Waals surface area contributed by atoms with Crippen LogP contribution in [0.25, 0.3) is 11.3 Å². The second-order valence-electron chi connectivity index (χ2n) is 6.63. The van der Waals surface area contributed by atoms with Crippen LogP contribution in [0, 0.1) is 0 Å². The normalized spacial score (nSPS) is 14.0. The van der Waals surface area contributed by atoms with Crippen LogP contribution in [-0.2, 0) is 21.2 Å². The lowest BCUT2D eigenvalue weighted by Gasteiger charge is -2.18. The van der Waals surface area contributed by atoms with Crippen molar-refractivity contribution in [1.29, 1.82) is 0 Å². The minimum Gasteiger partial charge on any atom is -0.305 e. The Labute approximate surface area is 168 Å². The maximum Gasteiger partial charge on any atom is 0.471 e. The van der Waals surface area contributed by atoms with Crippen molar-refractivity contribution in [1.82, 2.24) is 8.96 Å². The highest BCUT2D eigenvalue weighted by molar-refractivity contribution is 7.90. The number of carbonyl (C=O) groups is 1. The zero-order chi connectivity index (χ0) is 21.7. The van der Waals surface area contributed by atoms with Crippen molar-refractivity contribution in [2.45, 2.75) is 17.5 Å². The Kier molecular flexibility index (Phi) is 4.57. The quantitative estimate of drug-likeness (QED) is 0.682. The number of carbonyl (C=O) groups excluding carboxylic acids is 1. The summed E-state index contributed by atoms with van der Waals surface area (Å²) in [6.45, 7) is -0.209. The highest BCUT2D eigenvalue weighted by atomic mass is 32.2. The molecule has 30 heavy (non-hydrogen) atoms. The highest BCUT2D eigenvalue weighted by Gasteiger charge is 2.44. The molecule has 156 valence electrons. The molecule has 1 aliphatic heterocycles. The lowest BCUT2D eigenvalue weighted by atomic mass is 10.2. The van der Waals surface area contributed by atoms with E-state index in [2.05, 4.69) is 4.98 Å². The third-order valence-corrected chi connectivity index (χ3v) is 6.40. The maximum atomic E-state index is 13.0. The lowest BCUT2D eigenvalue weighted by molar-refractivity contribution is -0.170. The minimum atomic E-state index is -5.03. The fourth-order valence-electron chi connectivity index (χ4n) is 3.34. The molecule has 0 aliphatic carbocycles. The zero-order valence-corrected chi connectivity index (χ0v) is 16.0. The number of hydrogen-bond acceptors (Lipinski definition) is 4. The zero-order valence-electron chi connectivity index (χ0n) is 15.2. The summed E-state index contributed by atoms with van der Waals surface area (Å²) >= 11 is 0. The van der Waals surface area contributed by atoms with Gasteiger partial charge in [-0.25, -0.2) is 13.2 Å². The van der Waals surface area contributed by atoms with E-state index < -0.39 is 27.8 Å².